The van der Waals surface area contributed by atoms with E-state index in [1.807, 2.05) is 0 Å². The predicted octanol–water partition coefficient (Wildman–Crippen LogP) is 10.4. The van der Waals surface area contributed by atoms with Gasteiger partial charge < -0.3 is 0 Å². The summed E-state index contributed by atoms with van der Waals surface area (Å²) in [7, 11) is 0. The van der Waals surface area contributed by atoms with Crippen molar-refractivity contribution in [1.82, 2.24) is 23.8 Å². The number of rotatable bonds is 2. The van der Waals surface area contributed by atoms with Gasteiger partial charge in [0.2, 0.25) is 0 Å². The SMILES string of the molecule is C1=Cc2c(nc3c4ccccc4c4ccc(-c5cccc(-c6ccc7c8ccccc8c8nc9ccccc9n8c7c6)n5)cc4n23)CC1. The Bertz CT molecular complexity index is 3020. The first-order chi connectivity index (χ1) is 23.8. The first-order valence-corrected chi connectivity index (χ1v) is 16.5. The summed E-state index contributed by atoms with van der Waals surface area (Å²) in [6.45, 7) is 0. The van der Waals surface area contributed by atoms with Crippen LogP contribution in [0.3, 0.4) is 0 Å². The Morgan fingerprint density at radius 3 is 1.77 bits per heavy atom. The zero-order chi connectivity index (χ0) is 31.3. The van der Waals surface area contributed by atoms with E-state index in [-0.39, 0.29) is 0 Å². The molecule has 0 saturated carbocycles. The number of imidazole rings is 2. The standard InChI is InChI=1S/C43H27N5/c1-3-12-32-28(10-1)30-22-20-26(24-40(30)47-38-18-7-5-14-36(38)45-42(32)47)34-16-9-17-35(44-34)27-21-23-31-29-11-2-4-13-33(29)43-46-37-15-6-8-19-39(37)48(43)41(31)25-27/h1-5,7-14,16-25H,6,15H2. The highest BCUT2D eigenvalue weighted by molar-refractivity contribution is 6.15. The number of nitrogens with zero attached hydrogens (tertiary/aromatic N) is 5. The number of pyridine rings is 3. The van der Waals surface area contributed by atoms with Crippen molar-refractivity contribution in [2.24, 2.45) is 0 Å². The van der Waals surface area contributed by atoms with Crippen LogP contribution in [0.15, 0.2) is 133 Å². The maximum atomic E-state index is 5.27. The summed E-state index contributed by atoms with van der Waals surface area (Å²) in [4.78, 5) is 15.5. The Balaban J connectivity index is 1.13. The lowest BCUT2D eigenvalue weighted by molar-refractivity contribution is 0.943. The molecule has 0 atom stereocenters. The molecule has 48 heavy (non-hydrogen) atoms. The van der Waals surface area contributed by atoms with Crippen molar-refractivity contribution >= 4 is 71.8 Å². The maximum absolute atomic E-state index is 5.27. The highest BCUT2D eigenvalue weighted by Crippen LogP contribution is 2.37. The predicted molar refractivity (Wildman–Crippen MR) is 197 cm³/mol. The minimum absolute atomic E-state index is 0.937. The summed E-state index contributed by atoms with van der Waals surface area (Å²) >= 11 is 0. The maximum Gasteiger partial charge on any atom is 0.146 e. The smallest absolute Gasteiger partial charge is 0.146 e. The summed E-state index contributed by atoms with van der Waals surface area (Å²) in [6.07, 6.45) is 6.50. The van der Waals surface area contributed by atoms with Crippen LogP contribution in [-0.2, 0) is 6.42 Å². The van der Waals surface area contributed by atoms with Crippen molar-refractivity contribution < 1.29 is 0 Å². The molecule has 0 aliphatic heterocycles. The number of para-hydroxylation sites is 2. The topological polar surface area (TPSA) is 47.5 Å². The second-order valence-electron chi connectivity index (χ2n) is 12.8. The van der Waals surface area contributed by atoms with Crippen LogP contribution in [0.4, 0.5) is 0 Å². The van der Waals surface area contributed by atoms with Crippen molar-refractivity contribution in [2.75, 3.05) is 0 Å². The number of fused-ring (bicyclic) bond motifs is 16. The van der Waals surface area contributed by atoms with E-state index < -0.39 is 0 Å². The van der Waals surface area contributed by atoms with Gasteiger partial charge in [0.05, 0.1) is 44.8 Å². The fourth-order valence-corrected chi connectivity index (χ4v) is 7.91. The largest absolute Gasteiger partial charge is 0.292 e. The molecule has 0 unspecified atom stereocenters. The molecule has 11 rings (SSSR count). The third-order valence-corrected chi connectivity index (χ3v) is 10.1. The highest BCUT2D eigenvalue weighted by atomic mass is 15.0. The van der Waals surface area contributed by atoms with E-state index >= 15 is 0 Å². The molecule has 224 valence electrons. The summed E-state index contributed by atoms with van der Waals surface area (Å²) in [5.41, 5.74) is 12.8. The first kappa shape index (κ1) is 25.8. The monoisotopic (exact) mass is 613 g/mol. The van der Waals surface area contributed by atoms with Crippen molar-refractivity contribution in [3.63, 3.8) is 0 Å². The molecule has 1 aliphatic carbocycles. The van der Waals surface area contributed by atoms with Crippen molar-refractivity contribution in [2.45, 2.75) is 12.8 Å². The van der Waals surface area contributed by atoms with Crippen LogP contribution in [0.1, 0.15) is 17.8 Å². The van der Waals surface area contributed by atoms with Gasteiger partial charge >= 0.3 is 0 Å². The quantitative estimate of drug-likeness (QED) is 0.182. The third kappa shape index (κ3) is 3.53. The average molecular weight is 614 g/mol. The summed E-state index contributed by atoms with van der Waals surface area (Å²) in [5.74, 6) is 0. The first-order valence-electron chi connectivity index (χ1n) is 16.5. The second kappa shape index (κ2) is 9.60. The minimum Gasteiger partial charge on any atom is -0.292 e. The molecule has 5 aromatic heterocycles. The van der Waals surface area contributed by atoms with Gasteiger partial charge in [-0.05, 0) is 66.1 Å². The van der Waals surface area contributed by atoms with Gasteiger partial charge in [-0.2, -0.15) is 0 Å². The molecule has 0 fully saturated rings. The molecule has 5 aromatic carbocycles. The molecule has 0 saturated heterocycles. The van der Waals surface area contributed by atoms with E-state index in [1.54, 1.807) is 0 Å². The summed E-state index contributed by atoms with van der Waals surface area (Å²) in [5, 5.41) is 7.18. The molecule has 10 aromatic rings. The minimum atomic E-state index is 0.937. The van der Waals surface area contributed by atoms with Crippen LogP contribution in [-0.4, -0.2) is 23.8 Å². The van der Waals surface area contributed by atoms with E-state index in [9.17, 15) is 0 Å². The Morgan fingerprint density at radius 1 is 0.458 bits per heavy atom. The van der Waals surface area contributed by atoms with Crippen LogP contribution in [0, 0.1) is 0 Å². The Hall–Kier alpha value is -6.33. The number of benzene rings is 5. The van der Waals surface area contributed by atoms with Gasteiger partial charge in [-0.1, -0.05) is 97.1 Å². The molecule has 1 aliphatic rings. The lowest BCUT2D eigenvalue weighted by atomic mass is 10.0. The van der Waals surface area contributed by atoms with Crippen molar-refractivity contribution in [3.05, 3.63) is 145 Å². The molecule has 5 nitrogen and oxygen atoms in total. The zero-order valence-electron chi connectivity index (χ0n) is 25.9. The van der Waals surface area contributed by atoms with Crippen molar-refractivity contribution in [1.29, 1.82) is 0 Å². The molecule has 0 spiro atoms. The number of aryl methyl sites for hydroxylation is 1. The molecule has 0 amide bonds. The summed E-state index contributed by atoms with van der Waals surface area (Å²) < 4.78 is 4.66. The molecular weight excluding hydrogens is 587 g/mol. The number of hydrogen-bond donors (Lipinski definition) is 0. The van der Waals surface area contributed by atoms with E-state index in [2.05, 4.69) is 148 Å². The fraction of sp³-hybridized carbons (Fsp3) is 0.0465. The number of allylic oxidation sites excluding steroid dienone is 1. The third-order valence-electron chi connectivity index (χ3n) is 10.1. The Labute approximate surface area is 275 Å². The molecule has 0 N–H and O–H groups in total. The van der Waals surface area contributed by atoms with Gasteiger partial charge in [0.1, 0.15) is 11.3 Å². The lowest BCUT2D eigenvalue weighted by Crippen LogP contribution is -1.97. The Kier molecular flexibility index (Phi) is 5.16. The number of hydrogen-bond acceptors (Lipinski definition) is 3. The molecule has 5 heterocycles. The van der Waals surface area contributed by atoms with Gasteiger partial charge in [0, 0.05) is 32.7 Å². The van der Waals surface area contributed by atoms with E-state index in [1.165, 1.54) is 38.3 Å². The van der Waals surface area contributed by atoms with Crippen LogP contribution in [0.25, 0.3) is 94.3 Å². The van der Waals surface area contributed by atoms with E-state index in [4.69, 9.17) is 15.0 Å². The zero-order valence-corrected chi connectivity index (χ0v) is 25.9. The van der Waals surface area contributed by atoms with Crippen LogP contribution in [0.2, 0.25) is 0 Å². The van der Waals surface area contributed by atoms with Crippen LogP contribution < -0.4 is 0 Å². The van der Waals surface area contributed by atoms with Gasteiger partial charge in [0.25, 0.3) is 0 Å². The lowest BCUT2D eigenvalue weighted by Gasteiger charge is -2.13. The number of aromatic nitrogens is 5. The molecule has 0 radical (unpaired) electrons. The Morgan fingerprint density at radius 2 is 1.06 bits per heavy atom. The van der Waals surface area contributed by atoms with Crippen molar-refractivity contribution in [3.8, 4) is 22.5 Å². The van der Waals surface area contributed by atoms with Gasteiger partial charge in [-0.15, -0.1) is 0 Å². The van der Waals surface area contributed by atoms with E-state index in [0.717, 1.165) is 74.1 Å². The second-order valence-corrected chi connectivity index (χ2v) is 12.8. The molecular formula is C43H27N5. The van der Waals surface area contributed by atoms with Crippen LogP contribution in [0.5, 0.6) is 0 Å². The van der Waals surface area contributed by atoms with E-state index in [0.29, 0.717) is 0 Å². The normalized spacial score (nSPS) is 13.2. The summed E-state index contributed by atoms with van der Waals surface area (Å²) in [6, 6.07) is 45.4. The van der Waals surface area contributed by atoms with Gasteiger partial charge in [-0.25, -0.2) is 15.0 Å². The van der Waals surface area contributed by atoms with Gasteiger partial charge in [0.15, 0.2) is 0 Å². The average Bonchev–Trinajstić information content (AvgIpc) is 3.75. The van der Waals surface area contributed by atoms with Crippen LogP contribution >= 0.6 is 0 Å². The molecule has 5 heteroatoms. The van der Waals surface area contributed by atoms with Gasteiger partial charge in [-0.3, -0.25) is 8.80 Å². The highest BCUT2D eigenvalue weighted by Gasteiger charge is 2.19. The molecule has 0 bridgehead atoms. The fourth-order valence-electron chi connectivity index (χ4n) is 7.91.